The van der Waals surface area contributed by atoms with Crippen molar-refractivity contribution in [2.24, 2.45) is 0 Å². The van der Waals surface area contributed by atoms with Crippen molar-refractivity contribution in [3.63, 3.8) is 0 Å². The first-order valence-corrected chi connectivity index (χ1v) is 9.88. The fraction of sp³-hybridized carbons (Fsp3) is 0.381. The number of benzene rings is 2. The number of ether oxygens (including phenoxy) is 2. The van der Waals surface area contributed by atoms with Gasteiger partial charge in [-0.25, -0.2) is 0 Å². The molecule has 27 heavy (non-hydrogen) atoms. The monoisotopic (exact) mass is 385 g/mol. The molecular weight excluding hydrogens is 358 g/mol. The molecule has 144 valence electrons. The Bertz CT molecular complexity index is 761. The lowest BCUT2D eigenvalue weighted by atomic mass is 10.2. The molecule has 6 heteroatoms. The highest BCUT2D eigenvalue weighted by molar-refractivity contribution is 7.80. The van der Waals surface area contributed by atoms with Gasteiger partial charge in [-0.05, 0) is 50.3 Å². The van der Waals surface area contributed by atoms with E-state index < -0.39 is 0 Å². The average molecular weight is 386 g/mol. The van der Waals surface area contributed by atoms with Crippen molar-refractivity contribution < 1.29 is 9.47 Å². The number of piperazine rings is 1. The predicted molar refractivity (Wildman–Crippen MR) is 115 cm³/mol. The molecule has 0 amide bonds. The van der Waals surface area contributed by atoms with Gasteiger partial charge in [-0.15, -0.1) is 0 Å². The Hall–Kier alpha value is -2.47. The van der Waals surface area contributed by atoms with Gasteiger partial charge in [-0.2, -0.15) is 0 Å². The molecule has 5 nitrogen and oxygen atoms in total. The van der Waals surface area contributed by atoms with Crippen molar-refractivity contribution in [1.29, 1.82) is 0 Å². The quantitative estimate of drug-likeness (QED) is 0.758. The molecule has 1 fully saturated rings. The van der Waals surface area contributed by atoms with Crippen LogP contribution in [0.4, 0.5) is 11.4 Å². The van der Waals surface area contributed by atoms with E-state index in [2.05, 4.69) is 27.2 Å². The van der Waals surface area contributed by atoms with Gasteiger partial charge in [0.25, 0.3) is 0 Å². The molecule has 1 N–H and O–H groups in total. The van der Waals surface area contributed by atoms with Crippen molar-refractivity contribution in [3.8, 4) is 11.5 Å². The first kappa shape index (κ1) is 19.3. The number of anilines is 2. The van der Waals surface area contributed by atoms with Crippen LogP contribution in [0.2, 0.25) is 0 Å². The minimum Gasteiger partial charge on any atom is -0.492 e. The fourth-order valence-electron chi connectivity index (χ4n) is 3.19. The third kappa shape index (κ3) is 4.83. The Morgan fingerprint density at radius 2 is 1.48 bits per heavy atom. The largest absolute Gasteiger partial charge is 0.492 e. The number of para-hydroxylation sites is 4. The van der Waals surface area contributed by atoms with Crippen molar-refractivity contribution in [3.05, 3.63) is 48.5 Å². The van der Waals surface area contributed by atoms with Gasteiger partial charge in [0, 0.05) is 26.2 Å². The van der Waals surface area contributed by atoms with Crippen LogP contribution in [0, 0.1) is 0 Å². The van der Waals surface area contributed by atoms with Crippen molar-refractivity contribution in [2.75, 3.05) is 49.6 Å². The van der Waals surface area contributed by atoms with E-state index in [1.165, 1.54) is 0 Å². The van der Waals surface area contributed by atoms with Crippen molar-refractivity contribution >= 4 is 28.7 Å². The van der Waals surface area contributed by atoms with E-state index in [0.29, 0.717) is 13.2 Å². The molecule has 1 heterocycles. The molecule has 1 saturated heterocycles. The summed E-state index contributed by atoms with van der Waals surface area (Å²) in [5.74, 6) is 1.77. The van der Waals surface area contributed by atoms with Gasteiger partial charge in [0.05, 0.1) is 24.6 Å². The Kier molecular flexibility index (Phi) is 6.76. The third-order valence-corrected chi connectivity index (χ3v) is 4.86. The van der Waals surface area contributed by atoms with Crippen LogP contribution >= 0.6 is 12.2 Å². The summed E-state index contributed by atoms with van der Waals surface area (Å²) in [6.45, 7) is 8.82. The molecule has 2 aromatic carbocycles. The molecule has 0 unspecified atom stereocenters. The van der Waals surface area contributed by atoms with Crippen LogP contribution in [-0.4, -0.2) is 49.4 Å². The number of nitrogens with zero attached hydrogens (tertiary/aromatic N) is 2. The molecule has 1 aliphatic heterocycles. The maximum Gasteiger partial charge on any atom is 0.173 e. The fourth-order valence-corrected chi connectivity index (χ4v) is 3.48. The van der Waals surface area contributed by atoms with Crippen LogP contribution in [0.15, 0.2) is 48.5 Å². The second kappa shape index (κ2) is 9.46. The summed E-state index contributed by atoms with van der Waals surface area (Å²) < 4.78 is 11.4. The minimum atomic E-state index is 0.628. The Balaban J connectivity index is 1.60. The zero-order valence-corrected chi connectivity index (χ0v) is 16.8. The highest BCUT2D eigenvalue weighted by Crippen LogP contribution is 2.29. The lowest BCUT2D eigenvalue weighted by molar-refractivity contribution is 0.336. The van der Waals surface area contributed by atoms with Crippen LogP contribution in [0.5, 0.6) is 11.5 Å². The minimum absolute atomic E-state index is 0.628. The summed E-state index contributed by atoms with van der Waals surface area (Å²) in [4.78, 5) is 4.57. The first-order chi connectivity index (χ1) is 13.2. The van der Waals surface area contributed by atoms with Crippen molar-refractivity contribution in [2.45, 2.75) is 13.8 Å². The summed E-state index contributed by atoms with van der Waals surface area (Å²) in [6.07, 6.45) is 0. The molecule has 0 bridgehead atoms. The molecule has 0 saturated carbocycles. The first-order valence-electron chi connectivity index (χ1n) is 9.47. The van der Waals surface area contributed by atoms with Crippen molar-refractivity contribution in [1.82, 2.24) is 4.90 Å². The van der Waals surface area contributed by atoms with Gasteiger partial charge in [-0.3, -0.25) is 0 Å². The maximum atomic E-state index is 5.77. The van der Waals surface area contributed by atoms with E-state index in [1.54, 1.807) is 0 Å². The molecule has 0 atom stereocenters. The maximum absolute atomic E-state index is 5.77. The lowest BCUT2D eigenvalue weighted by Crippen LogP contribution is -2.50. The second-order valence-electron chi connectivity index (χ2n) is 6.23. The second-order valence-corrected chi connectivity index (χ2v) is 6.62. The topological polar surface area (TPSA) is 37.0 Å². The van der Waals surface area contributed by atoms with E-state index in [-0.39, 0.29) is 0 Å². The summed E-state index contributed by atoms with van der Waals surface area (Å²) in [6, 6.07) is 16.1. The zero-order chi connectivity index (χ0) is 19.1. The van der Waals surface area contributed by atoms with Crippen LogP contribution in [0.25, 0.3) is 0 Å². The number of nitrogens with one attached hydrogen (secondary N) is 1. The highest BCUT2D eigenvalue weighted by Gasteiger charge is 2.21. The molecular formula is C21H27N3O2S. The number of hydrogen-bond donors (Lipinski definition) is 1. The number of rotatable bonds is 6. The number of thiocarbonyl (C=S) groups is 1. The van der Waals surface area contributed by atoms with Gasteiger partial charge in [0.1, 0.15) is 11.5 Å². The molecule has 0 aliphatic carbocycles. The smallest absolute Gasteiger partial charge is 0.173 e. The van der Waals surface area contributed by atoms with E-state index in [9.17, 15) is 0 Å². The SMILES string of the molecule is CCOc1ccccc1NC(=S)N1CCN(c2ccccc2OCC)CC1. The van der Waals surface area contributed by atoms with Gasteiger partial charge in [-0.1, -0.05) is 24.3 Å². The van der Waals surface area contributed by atoms with Crippen LogP contribution in [-0.2, 0) is 0 Å². The number of hydrogen-bond acceptors (Lipinski definition) is 4. The van der Waals surface area contributed by atoms with Gasteiger partial charge < -0.3 is 24.6 Å². The predicted octanol–water partition coefficient (Wildman–Crippen LogP) is 4.00. The highest BCUT2D eigenvalue weighted by atomic mass is 32.1. The molecule has 0 spiro atoms. The summed E-state index contributed by atoms with van der Waals surface area (Å²) in [7, 11) is 0. The van der Waals surface area contributed by atoms with Crippen LogP contribution in [0.3, 0.4) is 0 Å². The molecule has 3 rings (SSSR count). The van der Waals surface area contributed by atoms with Crippen LogP contribution < -0.4 is 19.7 Å². The Morgan fingerprint density at radius 1 is 0.889 bits per heavy atom. The molecule has 1 aliphatic rings. The standard InChI is InChI=1S/C21H27N3O2S/c1-3-25-19-11-7-5-9-17(19)22-21(27)24-15-13-23(14-16-24)18-10-6-8-12-20(18)26-4-2/h5-12H,3-4,13-16H2,1-2H3,(H,22,27). The van der Waals surface area contributed by atoms with Gasteiger partial charge >= 0.3 is 0 Å². The zero-order valence-electron chi connectivity index (χ0n) is 16.0. The molecule has 2 aromatic rings. The summed E-state index contributed by atoms with van der Waals surface area (Å²) in [5, 5.41) is 4.08. The van der Waals surface area contributed by atoms with E-state index >= 15 is 0 Å². The van der Waals surface area contributed by atoms with Gasteiger partial charge in [0.2, 0.25) is 0 Å². The van der Waals surface area contributed by atoms with Gasteiger partial charge in [0.15, 0.2) is 5.11 Å². The normalized spacial score (nSPS) is 14.0. The third-order valence-electron chi connectivity index (χ3n) is 4.50. The molecule has 0 aromatic heterocycles. The van der Waals surface area contributed by atoms with Crippen LogP contribution in [0.1, 0.15) is 13.8 Å². The van der Waals surface area contributed by atoms with E-state index in [1.807, 2.05) is 50.2 Å². The molecule has 0 radical (unpaired) electrons. The summed E-state index contributed by atoms with van der Waals surface area (Å²) in [5.41, 5.74) is 2.06. The Labute approximate surface area is 166 Å². The summed E-state index contributed by atoms with van der Waals surface area (Å²) >= 11 is 5.64. The Morgan fingerprint density at radius 3 is 2.19 bits per heavy atom. The van der Waals surface area contributed by atoms with E-state index in [0.717, 1.165) is 54.2 Å². The van der Waals surface area contributed by atoms with E-state index in [4.69, 9.17) is 21.7 Å². The lowest BCUT2D eigenvalue weighted by Gasteiger charge is -2.38. The average Bonchev–Trinajstić information content (AvgIpc) is 2.70.